The summed E-state index contributed by atoms with van der Waals surface area (Å²) in [5.41, 5.74) is 0. The Balaban J connectivity index is -0.00000392. The molecule has 0 aromatic heterocycles. The van der Waals surface area contributed by atoms with Crippen LogP contribution in [0.1, 0.15) is 80.5 Å². The van der Waals surface area contributed by atoms with Gasteiger partial charge in [0.25, 0.3) is 20.0 Å². The number of hydrogen-bond acceptors (Lipinski definition) is 6. The fourth-order valence-electron chi connectivity index (χ4n) is 2.95. The second-order valence-electron chi connectivity index (χ2n) is 7.38. The molecule has 0 rings (SSSR count). The van der Waals surface area contributed by atoms with E-state index in [9.17, 15) is 27.4 Å². The van der Waals surface area contributed by atoms with Crippen molar-refractivity contribution in [3.05, 3.63) is 0 Å². The quantitative estimate of drug-likeness (QED) is 0.296. The van der Waals surface area contributed by atoms with Gasteiger partial charge in [-0.25, -0.2) is 26.3 Å². The van der Waals surface area contributed by atoms with Crippen LogP contribution in [0.3, 0.4) is 0 Å². The monoisotopic (exact) mass is 488 g/mol. The SMILES string of the molecule is CCCCC(CC)CNS(=O)(=O)C(C#N)(C#N)S(=O)(=O)NCC(CC)CCCC.[H-].[K+]. The van der Waals surface area contributed by atoms with E-state index >= 15 is 0 Å². The summed E-state index contributed by atoms with van der Waals surface area (Å²) in [6, 6.07) is 2.51. The van der Waals surface area contributed by atoms with Crippen LogP contribution in [0.25, 0.3) is 0 Å². The third-order valence-corrected chi connectivity index (χ3v) is 9.55. The minimum Gasteiger partial charge on any atom is -1.00 e. The first-order valence-electron chi connectivity index (χ1n) is 10.4. The van der Waals surface area contributed by atoms with Gasteiger partial charge in [-0.15, -0.1) is 0 Å². The Kier molecular flexibility index (Phi) is 17.5. The van der Waals surface area contributed by atoms with Gasteiger partial charge in [0.05, 0.1) is 0 Å². The third-order valence-electron chi connectivity index (χ3n) is 5.26. The summed E-state index contributed by atoms with van der Waals surface area (Å²) in [4.78, 5) is 0. The van der Waals surface area contributed by atoms with Crippen molar-refractivity contribution in [3.8, 4) is 12.1 Å². The van der Waals surface area contributed by atoms with Crippen molar-refractivity contribution in [1.29, 1.82) is 10.5 Å². The second kappa shape index (κ2) is 16.1. The summed E-state index contributed by atoms with van der Waals surface area (Å²) in [7, 11) is -9.53. The number of hydrogen-bond donors (Lipinski definition) is 2. The van der Waals surface area contributed by atoms with Crippen LogP contribution in [0.15, 0.2) is 0 Å². The molecule has 2 N–H and O–H groups in total. The maximum atomic E-state index is 12.8. The Labute approximate surface area is 227 Å². The number of sulfonamides is 2. The summed E-state index contributed by atoms with van der Waals surface area (Å²) in [5, 5.41) is 18.9. The first-order chi connectivity index (χ1) is 13.6. The summed E-state index contributed by atoms with van der Waals surface area (Å²) in [5.74, 6) is 0.0166. The molecule has 0 radical (unpaired) electrons. The molecule has 0 saturated heterocycles. The number of nitrogens with one attached hydrogen (secondary N) is 2. The molecule has 0 aromatic carbocycles. The summed E-state index contributed by atoms with van der Waals surface area (Å²) in [6.07, 6.45) is 6.71. The van der Waals surface area contributed by atoms with Gasteiger partial charge in [0.15, 0.2) is 0 Å². The minimum absolute atomic E-state index is 0. The number of nitrogens with zero attached hydrogens (tertiary/aromatic N) is 2. The molecule has 11 heteroatoms. The molecular formula is C19H37KN4O4S2. The average molecular weight is 489 g/mol. The van der Waals surface area contributed by atoms with Crippen molar-refractivity contribution in [1.82, 2.24) is 9.44 Å². The normalized spacial score (nSPS) is 14.2. The average Bonchev–Trinajstić information content (AvgIpc) is 2.69. The minimum atomic E-state index is -4.77. The molecule has 0 aliphatic rings. The van der Waals surface area contributed by atoms with Crippen LogP contribution in [0.5, 0.6) is 0 Å². The van der Waals surface area contributed by atoms with Crippen LogP contribution in [-0.2, 0) is 20.0 Å². The molecular weight excluding hydrogens is 451 g/mol. The maximum Gasteiger partial charge on any atom is 1.00 e. The molecule has 0 bridgehead atoms. The molecule has 2 atom stereocenters. The van der Waals surface area contributed by atoms with Crippen LogP contribution in [-0.4, -0.2) is 34.0 Å². The van der Waals surface area contributed by atoms with E-state index in [1.54, 1.807) is 0 Å². The Morgan fingerprint density at radius 1 is 0.800 bits per heavy atom. The number of nitriles is 2. The van der Waals surface area contributed by atoms with Crippen molar-refractivity contribution in [2.24, 2.45) is 11.8 Å². The van der Waals surface area contributed by atoms with E-state index in [0.717, 1.165) is 38.5 Å². The Morgan fingerprint density at radius 3 is 1.37 bits per heavy atom. The predicted octanol–water partition coefficient (Wildman–Crippen LogP) is 0.118. The maximum absolute atomic E-state index is 12.8. The van der Waals surface area contributed by atoms with Crippen LogP contribution < -0.4 is 60.8 Å². The Morgan fingerprint density at radius 2 is 1.13 bits per heavy atom. The number of rotatable bonds is 16. The smallest absolute Gasteiger partial charge is 1.00 e. The van der Waals surface area contributed by atoms with Gasteiger partial charge in [-0.05, 0) is 24.7 Å². The molecule has 0 spiro atoms. The largest absolute Gasteiger partial charge is 1.00 e. The van der Waals surface area contributed by atoms with Crippen LogP contribution in [0.2, 0.25) is 0 Å². The third kappa shape index (κ3) is 9.12. The molecule has 0 aliphatic heterocycles. The van der Waals surface area contributed by atoms with Crippen LogP contribution >= 0.6 is 0 Å². The van der Waals surface area contributed by atoms with Gasteiger partial charge in [-0.3, -0.25) is 0 Å². The van der Waals surface area contributed by atoms with E-state index in [4.69, 9.17) is 0 Å². The topological polar surface area (TPSA) is 140 Å². The molecule has 0 aliphatic carbocycles. The van der Waals surface area contributed by atoms with Gasteiger partial charge in [0.1, 0.15) is 12.1 Å². The summed E-state index contributed by atoms with van der Waals surface area (Å²) >= 11 is 0. The van der Waals surface area contributed by atoms with Crippen LogP contribution in [0, 0.1) is 34.5 Å². The summed E-state index contributed by atoms with van der Waals surface area (Å²) < 4.78 is 52.3. The second-order valence-corrected chi connectivity index (χ2v) is 11.5. The zero-order chi connectivity index (χ0) is 22.6. The molecule has 2 unspecified atom stereocenters. The Bertz CT molecular complexity index is 714. The molecule has 0 saturated carbocycles. The first-order valence-corrected chi connectivity index (χ1v) is 13.4. The standard InChI is InChI=1S/C19H36N4O4S2.K.H/c1-5-9-11-17(7-3)13-22-28(24,25)19(15-20,16-21)29(26,27)23-14-18(8-4)12-10-6-2;;/h17-18,22-23H,5-14H2,1-4H3;;/q;+1;-1. The van der Waals surface area contributed by atoms with Crippen molar-refractivity contribution in [3.63, 3.8) is 0 Å². The van der Waals surface area contributed by atoms with E-state index in [1.807, 2.05) is 27.7 Å². The first kappa shape index (κ1) is 32.6. The number of unbranched alkanes of at least 4 members (excludes halogenated alkanes) is 2. The summed E-state index contributed by atoms with van der Waals surface area (Å²) in [6.45, 7) is 7.86. The van der Waals surface area contributed by atoms with Crippen molar-refractivity contribution in [2.45, 2.75) is 83.1 Å². The van der Waals surface area contributed by atoms with Crippen molar-refractivity contribution in [2.75, 3.05) is 13.1 Å². The molecule has 0 amide bonds. The predicted molar refractivity (Wildman–Crippen MR) is 116 cm³/mol. The molecule has 8 nitrogen and oxygen atoms in total. The molecule has 0 aromatic rings. The molecule has 0 fully saturated rings. The van der Waals surface area contributed by atoms with E-state index in [0.29, 0.717) is 12.8 Å². The molecule has 170 valence electrons. The zero-order valence-electron chi connectivity index (χ0n) is 20.1. The molecule has 30 heavy (non-hydrogen) atoms. The van der Waals surface area contributed by atoms with Gasteiger partial charge in [0.2, 0.25) is 0 Å². The van der Waals surface area contributed by atoms with Gasteiger partial charge in [-0.2, -0.15) is 10.5 Å². The van der Waals surface area contributed by atoms with Gasteiger partial charge in [0, 0.05) is 13.1 Å². The van der Waals surface area contributed by atoms with Crippen LogP contribution in [0.4, 0.5) is 0 Å². The zero-order valence-corrected chi connectivity index (χ0v) is 23.8. The van der Waals surface area contributed by atoms with Gasteiger partial charge >= 0.3 is 55.5 Å². The fraction of sp³-hybridized carbons (Fsp3) is 0.895. The van der Waals surface area contributed by atoms with Crippen molar-refractivity contribution < 1.29 is 69.6 Å². The van der Waals surface area contributed by atoms with Gasteiger partial charge < -0.3 is 1.43 Å². The van der Waals surface area contributed by atoms with E-state index in [1.165, 1.54) is 12.1 Å². The molecule has 0 heterocycles. The Hall–Kier alpha value is 0.436. The van der Waals surface area contributed by atoms with E-state index in [2.05, 4.69) is 9.44 Å². The van der Waals surface area contributed by atoms with E-state index < -0.39 is 24.1 Å². The van der Waals surface area contributed by atoms with Crippen molar-refractivity contribution >= 4 is 20.0 Å². The van der Waals surface area contributed by atoms with Gasteiger partial charge in [-0.1, -0.05) is 66.2 Å². The van der Waals surface area contributed by atoms with E-state index in [-0.39, 0.29) is 77.7 Å². The fourth-order valence-corrected chi connectivity index (χ4v) is 6.26.